The summed E-state index contributed by atoms with van der Waals surface area (Å²) in [6.45, 7) is 2.57. The van der Waals surface area contributed by atoms with Crippen molar-refractivity contribution in [3.63, 3.8) is 0 Å². The van der Waals surface area contributed by atoms with Crippen molar-refractivity contribution in [3.05, 3.63) is 101 Å². The summed E-state index contributed by atoms with van der Waals surface area (Å²) in [6, 6.07) is 19.5. The molecule has 3 aromatic carbocycles. The number of nitrogens with zero attached hydrogens (tertiary/aromatic N) is 1. The van der Waals surface area contributed by atoms with E-state index in [4.69, 9.17) is 14.2 Å². The molecule has 0 spiro atoms. The van der Waals surface area contributed by atoms with E-state index in [2.05, 4.69) is 0 Å². The van der Waals surface area contributed by atoms with Crippen molar-refractivity contribution in [2.75, 3.05) is 20.8 Å². The van der Waals surface area contributed by atoms with Crippen LogP contribution in [0.15, 0.2) is 78.4 Å². The fourth-order valence-electron chi connectivity index (χ4n) is 4.37. The molecule has 1 fully saturated rings. The molecule has 1 N–H and O–H groups in total. The van der Waals surface area contributed by atoms with Crippen molar-refractivity contribution in [2.45, 2.75) is 25.9 Å². The smallest absolute Gasteiger partial charge is 0.337 e. The number of ether oxygens (including phenoxy) is 3. The Morgan fingerprint density at radius 3 is 2.32 bits per heavy atom. The van der Waals surface area contributed by atoms with Gasteiger partial charge in [-0.2, -0.15) is 0 Å². The summed E-state index contributed by atoms with van der Waals surface area (Å²) in [5.41, 5.74) is 2.01. The number of hydrogen-bond acceptors (Lipinski definition) is 7. The lowest BCUT2D eigenvalue weighted by Crippen LogP contribution is -2.29. The van der Waals surface area contributed by atoms with Crippen LogP contribution in [0.2, 0.25) is 0 Å². The number of esters is 1. The molecule has 8 heteroatoms. The highest BCUT2D eigenvalue weighted by molar-refractivity contribution is 6.46. The Labute approximate surface area is 221 Å². The molecule has 3 aromatic rings. The van der Waals surface area contributed by atoms with Crippen molar-refractivity contribution >= 4 is 23.4 Å². The van der Waals surface area contributed by atoms with E-state index in [0.717, 1.165) is 6.42 Å². The maximum atomic E-state index is 13.4. The quantitative estimate of drug-likeness (QED) is 0.187. The normalized spacial score (nSPS) is 16.4. The Morgan fingerprint density at radius 2 is 1.63 bits per heavy atom. The number of methoxy groups -OCH3 is 2. The minimum Gasteiger partial charge on any atom is -0.507 e. The second kappa shape index (κ2) is 11.6. The average Bonchev–Trinajstić information content (AvgIpc) is 3.20. The largest absolute Gasteiger partial charge is 0.507 e. The molecule has 1 aliphatic heterocycles. The standard InChI is InChI=1S/C30H29NO7/c1-4-15-38-24-10-6-8-22(17-24)27(32)25-26(21-7-5-9-23(16-21)36-2)31(29(34)28(25)33)18-19-11-13-20(14-12-19)30(35)37-3/h5-14,16-17,26,32H,4,15,18H2,1-3H3/b27-25+. The molecule has 1 aliphatic rings. The molecule has 8 nitrogen and oxygen atoms in total. The van der Waals surface area contributed by atoms with E-state index in [1.165, 1.54) is 19.1 Å². The number of likely N-dealkylation sites (tertiary alicyclic amines) is 1. The van der Waals surface area contributed by atoms with Gasteiger partial charge in [-0.3, -0.25) is 9.59 Å². The van der Waals surface area contributed by atoms with Crippen LogP contribution in [0, 0.1) is 0 Å². The lowest BCUT2D eigenvalue weighted by atomic mass is 9.95. The SMILES string of the molecule is CCCOc1cccc(/C(O)=C2\C(=O)C(=O)N(Cc3ccc(C(=O)OC)cc3)C2c2cccc(OC)c2)c1. The number of carbonyl (C=O) groups is 3. The maximum absolute atomic E-state index is 13.4. The van der Waals surface area contributed by atoms with Crippen molar-refractivity contribution in [2.24, 2.45) is 0 Å². The van der Waals surface area contributed by atoms with Gasteiger partial charge in [-0.25, -0.2) is 4.79 Å². The molecular weight excluding hydrogens is 486 g/mol. The molecule has 1 amide bonds. The first-order valence-electron chi connectivity index (χ1n) is 12.2. The van der Waals surface area contributed by atoms with Gasteiger partial charge in [0.1, 0.15) is 17.3 Å². The number of ketones is 1. The highest BCUT2D eigenvalue weighted by Crippen LogP contribution is 2.41. The number of rotatable bonds is 9. The Hall–Kier alpha value is -4.59. The van der Waals surface area contributed by atoms with Crippen LogP contribution in [-0.4, -0.2) is 48.5 Å². The predicted molar refractivity (Wildman–Crippen MR) is 141 cm³/mol. The van der Waals surface area contributed by atoms with Gasteiger partial charge >= 0.3 is 5.97 Å². The van der Waals surface area contributed by atoms with Gasteiger partial charge in [0.05, 0.1) is 38.0 Å². The van der Waals surface area contributed by atoms with E-state index >= 15 is 0 Å². The van der Waals surface area contributed by atoms with Gasteiger partial charge in [-0.15, -0.1) is 0 Å². The third-order valence-corrected chi connectivity index (χ3v) is 6.26. The number of aliphatic hydroxyl groups excluding tert-OH is 1. The molecule has 0 saturated carbocycles. The summed E-state index contributed by atoms with van der Waals surface area (Å²) in [4.78, 5) is 39.9. The third kappa shape index (κ3) is 5.39. The van der Waals surface area contributed by atoms with Crippen LogP contribution in [0.3, 0.4) is 0 Å². The van der Waals surface area contributed by atoms with Crippen molar-refractivity contribution in [1.82, 2.24) is 4.90 Å². The number of amides is 1. The Balaban J connectivity index is 1.79. The van der Waals surface area contributed by atoms with Gasteiger partial charge in [0.15, 0.2) is 0 Å². The average molecular weight is 516 g/mol. The van der Waals surface area contributed by atoms with E-state index in [-0.39, 0.29) is 17.9 Å². The number of hydrogen-bond donors (Lipinski definition) is 1. The highest BCUT2D eigenvalue weighted by atomic mass is 16.5. The summed E-state index contributed by atoms with van der Waals surface area (Å²) in [6.07, 6.45) is 0.817. The molecule has 1 atom stereocenters. The van der Waals surface area contributed by atoms with Crippen LogP contribution in [0.1, 0.15) is 46.4 Å². The lowest BCUT2D eigenvalue weighted by Gasteiger charge is -2.26. The molecule has 38 heavy (non-hydrogen) atoms. The fourth-order valence-corrected chi connectivity index (χ4v) is 4.37. The summed E-state index contributed by atoms with van der Waals surface area (Å²) in [5.74, 6) is -1.20. The van der Waals surface area contributed by atoms with Gasteiger partial charge in [0, 0.05) is 12.1 Å². The van der Waals surface area contributed by atoms with E-state index < -0.39 is 23.7 Å². The summed E-state index contributed by atoms with van der Waals surface area (Å²) < 4.78 is 15.8. The van der Waals surface area contributed by atoms with Crippen molar-refractivity contribution in [1.29, 1.82) is 0 Å². The summed E-state index contributed by atoms with van der Waals surface area (Å²) in [7, 11) is 2.83. The number of aliphatic hydroxyl groups is 1. The molecule has 0 bridgehead atoms. The second-order valence-electron chi connectivity index (χ2n) is 8.77. The lowest BCUT2D eigenvalue weighted by molar-refractivity contribution is -0.140. The van der Waals surface area contributed by atoms with Gasteiger partial charge in [-0.1, -0.05) is 43.3 Å². The van der Waals surface area contributed by atoms with Gasteiger partial charge in [-0.05, 0) is 53.9 Å². The van der Waals surface area contributed by atoms with Crippen molar-refractivity contribution in [3.8, 4) is 11.5 Å². The first-order valence-corrected chi connectivity index (χ1v) is 12.2. The summed E-state index contributed by atoms with van der Waals surface area (Å²) in [5, 5.41) is 11.4. The number of benzene rings is 3. The first kappa shape index (κ1) is 26.5. The number of carbonyl (C=O) groups excluding carboxylic acids is 3. The molecule has 4 rings (SSSR count). The molecule has 196 valence electrons. The zero-order valence-electron chi connectivity index (χ0n) is 21.5. The molecule has 0 radical (unpaired) electrons. The Morgan fingerprint density at radius 1 is 0.921 bits per heavy atom. The van der Waals surface area contributed by atoms with Gasteiger partial charge in [0.25, 0.3) is 11.7 Å². The maximum Gasteiger partial charge on any atom is 0.337 e. The van der Waals surface area contributed by atoms with Crippen LogP contribution >= 0.6 is 0 Å². The molecule has 1 unspecified atom stereocenters. The van der Waals surface area contributed by atoms with Crippen LogP contribution in [0.25, 0.3) is 5.76 Å². The minimum atomic E-state index is -0.870. The fraction of sp³-hybridized carbons (Fsp3) is 0.233. The van der Waals surface area contributed by atoms with Crippen molar-refractivity contribution < 1.29 is 33.7 Å². The predicted octanol–water partition coefficient (Wildman–Crippen LogP) is 4.89. The van der Waals surface area contributed by atoms with Crippen LogP contribution in [0.5, 0.6) is 11.5 Å². The molecule has 1 saturated heterocycles. The topological polar surface area (TPSA) is 102 Å². The van der Waals surface area contributed by atoms with Gasteiger partial charge < -0.3 is 24.2 Å². The van der Waals surface area contributed by atoms with Crippen LogP contribution < -0.4 is 9.47 Å². The number of Topliss-reactive ketones (excluding diaryl/α,β-unsaturated/α-hetero) is 1. The minimum absolute atomic E-state index is 0.0259. The first-order chi connectivity index (χ1) is 18.4. The van der Waals surface area contributed by atoms with Gasteiger partial charge in [0.2, 0.25) is 0 Å². The zero-order chi connectivity index (χ0) is 27.2. The van der Waals surface area contributed by atoms with E-state index in [9.17, 15) is 19.5 Å². The Bertz CT molecular complexity index is 1380. The molecule has 0 aliphatic carbocycles. The third-order valence-electron chi connectivity index (χ3n) is 6.26. The zero-order valence-corrected chi connectivity index (χ0v) is 21.5. The van der Waals surface area contributed by atoms with E-state index in [1.54, 1.807) is 72.8 Å². The monoisotopic (exact) mass is 515 g/mol. The highest BCUT2D eigenvalue weighted by Gasteiger charge is 2.46. The van der Waals surface area contributed by atoms with Crippen LogP contribution in [0.4, 0.5) is 0 Å². The Kier molecular flexibility index (Phi) is 8.11. The molecular formula is C30H29NO7. The molecule has 0 aromatic heterocycles. The van der Waals surface area contributed by atoms with E-state index in [1.807, 2.05) is 6.92 Å². The summed E-state index contributed by atoms with van der Waals surface area (Å²) >= 11 is 0. The van der Waals surface area contributed by atoms with Crippen LogP contribution in [-0.2, 0) is 20.9 Å². The molecule has 1 heterocycles. The van der Waals surface area contributed by atoms with E-state index in [0.29, 0.717) is 40.4 Å². The second-order valence-corrected chi connectivity index (χ2v) is 8.77.